The lowest BCUT2D eigenvalue weighted by Crippen LogP contribution is -2.56. The summed E-state index contributed by atoms with van der Waals surface area (Å²) in [5, 5.41) is 0.733. The lowest BCUT2D eigenvalue weighted by atomic mass is 10.1. The minimum atomic E-state index is -3.01. The van der Waals surface area contributed by atoms with Crippen molar-refractivity contribution in [2.24, 2.45) is 0 Å². The van der Waals surface area contributed by atoms with Crippen molar-refractivity contribution in [3.05, 3.63) is 28.8 Å². The Morgan fingerprint density at radius 1 is 1.29 bits per heavy atom. The molecular formula is C20H30ClN3O3S. The molecule has 2 heterocycles. The van der Waals surface area contributed by atoms with Crippen LogP contribution < -0.4 is 4.90 Å². The second kappa shape index (κ2) is 8.59. The van der Waals surface area contributed by atoms with E-state index in [0.717, 1.165) is 36.9 Å². The van der Waals surface area contributed by atoms with Crippen molar-refractivity contribution in [2.45, 2.75) is 39.3 Å². The summed E-state index contributed by atoms with van der Waals surface area (Å²) in [4.78, 5) is 19.4. The number of benzene rings is 1. The van der Waals surface area contributed by atoms with Gasteiger partial charge < -0.3 is 9.80 Å². The molecule has 0 spiro atoms. The highest BCUT2D eigenvalue weighted by Crippen LogP contribution is 2.26. The first-order valence-electron chi connectivity index (χ1n) is 9.98. The summed E-state index contributed by atoms with van der Waals surface area (Å²) in [5.74, 6) is 0.325. The molecule has 2 aliphatic rings. The third kappa shape index (κ3) is 4.63. The number of halogens is 1. The highest BCUT2D eigenvalue weighted by Gasteiger charge is 2.37. The van der Waals surface area contributed by atoms with E-state index in [4.69, 9.17) is 11.6 Å². The summed E-state index contributed by atoms with van der Waals surface area (Å²) in [6.45, 7) is 9.75. The van der Waals surface area contributed by atoms with Gasteiger partial charge in [0.05, 0.1) is 17.5 Å². The SMILES string of the molecule is CCN(C(=O)[C@@H](C)N1CCN(c2cc(Cl)ccc2C)CC1)[C@@H]1CCS(=O)(=O)C1. The van der Waals surface area contributed by atoms with Gasteiger partial charge in [-0.15, -0.1) is 0 Å². The summed E-state index contributed by atoms with van der Waals surface area (Å²) in [7, 11) is -3.01. The number of hydrogen-bond acceptors (Lipinski definition) is 5. The number of sulfone groups is 1. The van der Waals surface area contributed by atoms with Crippen LogP contribution in [0.4, 0.5) is 5.69 Å². The summed E-state index contributed by atoms with van der Waals surface area (Å²) in [6, 6.07) is 5.51. The van der Waals surface area contributed by atoms with E-state index >= 15 is 0 Å². The smallest absolute Gasteiger partial charge is 0.239 e. The Labute approximate surface area is 173 Å². The normalized spacial score (nSPS) is 23.6. The van der Waals surface area contributed by atoms with Crippen LogP contribution in [0.15, 0.2) is 18.2 Å². The zero-order chi connectivity index (χ0) is 20.5. The van der Waals surface area contributed by atoms with Crippen LogP contribution in [0.5, 0.6) is 0 Å². The molecule has 1 aromatic rings. The van der Waals surface area contributed by atoms with Gasteiger partial charge in [0, 0.05) is 49.5 Å². The van der Waals surface area contributed by atoms with Crippen LogP contribution in [0, 0.1) is 6.92 Å². The van der Waals surface area contributed by atoms with Crippen LogP contribution in [0.2, 0.25) is 5.02 Å². The Morgan fingerprint density at radius 2 is 1.96 bits per heavy atom. The second-order valence-corrected chi connectivity index (χ2v) is 10.5. The molecule has 0 N–H and O–H groups in total. The number of piperazine rings is 1. The number of hydrogen-bond donors (Lipinski definition) is 0. The fourth-order valence-corrected chi connectivity index (χ4v) is 6.18. The van der Waals surface area contributed by atoms with E-state index in [1.165, 1.54) is 5.56 Å². The lowest BCUT2D eigenvalue weighted by molar-refractivity contribution is -0.138. The standard InChI is InChI=1S/C20H30ClN3O3S/c1-4-24(18-7-12-28(26,27)14-18)20(25)16(3)22-8-10-23(11-9-22)19-13-17(21)6-5-15(19)2/h5-6,13,16,18H,4,7-12,14H2,1-3H3/t16-,18-/m1/s1. The zero-order valence-corrected chi connectivity index (χ0v) is 18.5. The molecule has 0 saturated carbocycles. The fraction of sp³-hybridized carbons (Fsp3) is 0.650. The van der Waals surface area contributed by atoms with E-state index in [1.807, 2.05) is 32.0 Å². The fourth-order valence-electron chi connectivity index (χ4n) is 4.28. The van der Waals surface area contributed by atoms with E-state index in [9.17, 15) is 13.2 Å². The van der Waals surface area contributed by atoms with Crippen molar-refractivity contribution >= 4 is 33.0 Å². The van der Waals surface area contributed by atoms with Gasteiger partial charge in [-0.3, -0.25) is 9.69 Å². The maximum absolute atomic E-state index is 13.1. The van der Waals surface area contributed by atoms with Crippen LogP contribution in [-0.4, -0.2) is 80.4 Å². The van der Waals surface area contributed by atoms with E-state index in [2.05, 4.69) is 16.7 Å². The van der Waals surface area contributed by atoms with Gasteiger partial charge in [-0.1, -0.05) is 17.7 Å². The van der Waals surface area contributed by atoms with Crippen molar-refractivity contribution in [3.8, 4) is 0 Å². The van der Waals surface area contributed by atoms with Gasteiger partial charge in [0.25, 0.3) is 0 Å². The summed E-state index contributed by atoms with van der Waals surface area (Å²) >= 11 is 6.16. The molecule has 0 bridgehead atoms. The van der Waals surface area contributed by atoms with Gasteiger partial charge in [0.15, 0.2) is 9.84 Å². The number of carbonyl (C=O) groups is 1. The molecule has 0 aliphatic carbocycles. The number of anilines is 1. The van der Waals surface area contributed by atoms with E-state index in [1.54, 1.807) is 4.90 Å². The first kappa shape index (κ1) is 21.4. The average Bonchev–Trinajstić information content (AvgIpc) is 3.03. The van der Waals surface area contributed by atoms with Crippen molar-refractivity contribution in [3.63, 3.8) is 0 Å². The molecule has 28 heavy (non-hydrogen) atoms. The highest BCUT2D eigenvalue weighted by molar-refractivity contribution is 7.91. The first-order valence-corrected chi connectivity index (χ1v) is 12.2. The lowest BCUT2D eigenvalue weighted by Gasteiger charge is -2.41. The predicted octanol–water partition coefficient (Wildman–Crippen LogP) is 2.19. The maximum atomic E-state index is 13.1. The molecule has 0 aromatic heterocycles. The molecule has 2 fully saturated rings. The van der Waals surface area contributed by atoms with E-state index < -0.39 is 9.84 Å². The van der Waals surface area contributed by atoms with Gasteiger partial charge >= 0.3 is 0 Å². The Kier molecular flexibility index (Phi) is 6.57. The van der Waals surface area contributed by atoms with Crippen LogP contribution in [-0.2, 0) is 14.6 Å². The van der Waals surface area contributed by atoms with Crippen molar-refractivity contribution in [1.82, 2.24) is 9.80 Å². The van der Waals surface area contributed by atoms with Gasteiger partial charge in [0.2, 0.25) is 5.91 Å². The van der Waals surface area contributed by atoms with Gasteiger partial charge in [-0.25, -0.2) is 8.42 Å². The summed E-state index contributed by atoms with van der Waals surface area (Å²) < 4.78 is 23.6. The number of likely N-dealkylation sites (N-methyl/N-ethyl adjacent to an activating group) is 1. The number of rotatable bonds is 5. The Hall–Kier alpha value is -1.31. The highest BCUT2D eigenvalue weighted by atomic mass is 35.5. The molecule has 1 amide bonds. The molecular weight excluding hydrogens is 398 g/mol. The topological polar surface area (TPSA) is 60.9 Å². The largest absolute Gasteiger partial charge is 0.369 e. The van der Waals surface area contributed by atoms with Gasteiger partial charge in [0.1, 0.15) is 0 Å². The predicted molar refractivity (Wildman–Crippen MR) is 114 cm³/mol. The summed E-state index contributed by atoms with van der Waals surface area (Å²) in [5.41, 5.74) is 2.35. The second-order valence-electron chi connectivity index (χ2n) is 7.81. The molecule has 2 aliphatic heterocycles. The van der Waals surface area contributed by atoms with Crippen molar-refractivity contribution in [2.75, 3.05) is 49.1 Å². The molecule has 0 radical (unpaired) electrons. The molecule has 1 aromatic carbocycles. The molecule has 2 atom stereocenters. The first-order chi connectivity index (χ1) is 13.2. The molecule has 6 nitrogen and oxygen atoms in total. The third-order valence-electron chi connectivity index (χ3n) is 6.00. The average molecular weight is 428 g/mol. The molecule has 8 heteroatoms. The molecule has 0 unspecified atom stereocenters. The van der Waals surface area contributed by atoms with Crippen LogP contribution in [0.3, 0.4) is 0 Å². The van der Waals surface area contributed by atoms with E-state index in [0.29, 0.717) is 13.0 Å². The van der Waals surface area contributed by atoms with Crippen molar-refractivity contribution in [1.29, 1.82) is 0 Å². The van der Waals surface area contributed by atoms with Crippen LogP contribution in [0.25, 0.3) is 0 Å². The number of aryl methyl sites for hydroxylation is 1. The van der Waals surface area contributed by atoms with Crippen molar-refractivity contribution < 1.29 is 13.2 Å². The Balaban J connectivity index is 1.61. The Morgan fingerprint density at radius 3 is 2.54 bits per heavy atom. The number of amides is 1. The number of nitrogens with zero attached hydrogens (tertiary/aromatic N) is 3. The molecule has 156 valence electrons. The zero-order valence-electron chi connectivity index (χ0n) is 16.9. The quantitative estimate of drug-likeness (QED) is 0.720. The Bertz CT molecular complexity index is 822. The van der Waals surface area contributed by atoms with Gasteiger partial charge in [-0.05, 0) is 44.9 Å². The number of carbonyl (C=O) groups excluding carboxylic acids is 1. The minimum Gasteiger partial charge on any atom is -0.369 e. The monoisotopic (exact) mass is 427 g/mol. The van der Waals surface area contributed by atoms with E-state index in [-0.39, 0.29) is 29.5 Å². The van der Waals surface area contributed by atoms with Crippen LogP contribution in [0.1, 0.15) is 25.8 Å². The molecule has 3 rings (SSSR count). The maximum Gasteiger partial charge on any atom is 0.239 e. The van der Waals surface area contributed by atoms with Gasteiger partial charge in [-0.2, -0.15) is 0 Å². The van der Waals surface area contributed by atoms with Crippen LogP contribution >= 0.6 is 11.6 Å². The molecule has 2 saturated heterocycles. The minimum absolute atomic E-state index is 0.0389. The third-order valence-corrected chi connectivity index (χ3v) is 7.99. The summed E-state index contributed by atoms with van der Waals surface area (Å²) in [6.07, 6.45) is 0.552.